The van der Waals surface area contributed by atoms with E-state index in [2.05, 4.69) is 0 Å². The van der Waals surface area contributed by atoms with Crippen LogP contribution < -0.4 is 5.73 Å². The van der Waals surface area contributed by atoms with Gasteiger partial charge in [-0.05, 0) is 6.92 Å². The molecule has 1 rings (SSSR count). The Bertz CT molecular complexity index is 595. The Kier molecular flexibility index (Phi) is 4.21. The standard InChI is InChI=1S/C10H12F3N3O2S/c1-5(10(14)15)16(2)19(17,18)9-7(12)3-6(11)4-8(9)13/h3-5H,1-2H3,(H3,14,15). The van der Waals surface area contributed by atoms with E-state index in [0.717, 1.165) is 7.05 Å². The summed E-state index contributed by atoms with van der Waals surface area (Å²) in [6.07, 6.45) is 0. The molecule has 1 aromatic rings. The van der Waals surface area contributed by atoms with Gasteiger partial charge in [-0.3, -0.25) is 5.41 Å². The summed E-state index contributed by atoms with van der Waals surface area (Å²) in [6, 6.07) is -0.557. The molecule has 5 nitrogen and oxygen atoms in total. The predicted octanol–water partition coefficient (Wildman–Crippen LogP) is 1.05. The van der Waals surface area contributed by atoms with Crippen LogP contribution in [0.2, 0.25) is 0 Å². The highest BCUT2D eigenvalue weighted by molar-refractivity contribution is 7.89. The highest BCUT2D eigenvalue weighted by Gasteiger charge is 2.32. The highest BCUT2D eigenvalue weighted by Crippen LogP contribution is 2.24. The van der Waals surface area contributed by atoms with Crippen molar-refractivity contribution in [2.45, 2.75) is 17.9 Å². The van der Waals surface area contributed by atoms with Crippen LogP contribution in [0.1, 0.15) is 6.92 Å². The molecule has 0 fully saturated rings. The van der Waals surface area contributed by atoms with Crippen LogP contribution in [0.4, 0.5) is 13.2 Å². The molecule has 1 aromatic carbocycles. The summed E-state index contributed by atoms with van der Waals surface area (Å²) in [4.78, 5) is -1.27. The van der Waals surface area contributed by atoms with Crippen molar-refractivity contribution in [2.75, 3.05) is 7.05 Å². The van der Waals surface area contributed by atoms with Crippen LogP contribution in [-0.2, 0) is 10.0 Å². The van der Waals surface area contributed by atoms with Crippen molar-refractivity contribution in [3.05, 3.63) is 29.6 Å². The van der Waals surface area contributed by atoms with Crippen molar-refractivity contribution in [1.82, 2.24) is 4.31 Å². The molecule has 1 unspecified atom stereocenters. The Morgan fingerprint density at radius 3 is 2.11 bits per heavy atom. The number of benzene rings is 1. The third kappa shape index (κ3) is 2.87. The molecule has 0 radical (unpaired) electrons. The Morgan fingerprint density at radius 1 is 1.32 bits per heavy atom. The Labute approximate surface area is 108 Å². The molecule has 0 saturated carbocycles. The van der Waals surface area contributed by atoms with Gasteiger partial charge in [-0.1, -0.05) is 0 Å². The minimum atomic E-state index is -4.57. The SMILES string of the molecule is CC(C(=N)N)N(C)S(=O)(=O)c1c(F)cc(F)cc1F. The first-order valence-electron chi connectivity index (χ1n) is 5.05. The van der Waals surface area contributed by atoms with Gasteiger partial charge < -0.3 is 5.73 Å². The van der Waals surface area contributed by atoms with E-state index < -0.39 is 44.2 Å². The Hall–Kier alpha value is -1.61. The topological polar surface area (TPSA) is 87.2 Å². The summed E-state index contributed by atoms with van der Waals surface area (Å²) in [5.74, 6) is -4.80. The van der Waals surface area contributed by atoms with Crippen LogP contribution in [0.3, 0.4) is 0 Å². The molecule has 0 amide bonds. The number of rotatable bonds is 4. The largest absolute Gasteiger partial charge is 0.386 e. The lowest BCUT2D eigenvalue weighted by Gasteiger charge is -2.23. The molecule has 0 aliphatic carbocycles. The number of likely N-dealkylation sites (N-methyl/N-ethyl adjacent to an activating group) is 1. The van der Waals surface area contributed by atoms with Crippen molar-refractivity contribution in [3.63, 3.8) is 0 Å². The van der Waals surface area contributed by atoms with E-state index in [-0.39, 0.29) is 12.1 Å². The van der Waals surface area contributed by atoms with Gasteiger partial charge in [-0.15, -0.1) is 0 Å². The maximum Gasteiger partial charge on any atom is 0.249 e. The smallest absolute Gasteiger partial charge is 0.249 e. The molecule has 0 aliphatic heterocycles. The first kappa shape index (κ1) is 15.4. The molecule has 106 valence electrons. The van der Waals surface area contributed by atoms with Gasteiger partial charge in [0.05, 0.1) is 6.04 Å². The number of hydrogen-bond acceptors (Lipinski definition) is 3. The van der Waals surface area contributed by atoms with E-state index in [1.54, 1.807) is 0 Å². The molecular weight excluding hydrogens is 283 g/mol. The molecule has 0 saturated heterocycles. The zero-order valence-corrected chi connectivity index (χ0v) is 10.9. The molecular formula is C10H12F3N3O2S. The van der Waals surface area contributed by atoms with Crippen LogP contribution in [-0.4, -0.2) is 31.6 Å². The van der Waals surface area contributed by atoms with Crippen molar-refractivity contribution in [2.24, 2.45) is 5.73 Å². The fourth-order valence-electron chi connectivity index (χ4n) is 1.32. The van der Waals surface area contributed by atoms with Gasteiger partial charge in [-0.2, -0.15) is 4.31 Å². The van der Waals surface area contributed by atoms with E-state index in [0.29, 0.717) is 4.31 Å². The van der Waals surface area contributed by atoms with Gasteiger partial charge in [-0.25, -0.2) is 21.6 Å². The molecule has 0 aliphatic rings. The van der Waals surface area contributed by atoms with Crippen LogP contribution >= 0.6 is 0 Å². The number of hydrogen-bond donors (Lipinski definition) is 2. The Morgan fingerprint density at radius 2 is 1.74 bits per heavy atom. The first-order chi connectivity index (χ1) is 8.59. The number of nitrogens with zero attached hydrogens (tertiary/aromatic N) is 1. The van der Waals surface area contributed by atoms with E-state index >= 15 is 0 Å². The molecule has 3 N–H and O–H groups in total. The second-order valence-corrected chi connectivity index (χ2v) is 5.79. The van der Waals surface area contributed by atoms with Crippen molar-refractivity contribution < 1.29 is 21.6 Å². The third-order valence-corrected chi connectivity index (χ3v) is 4.58. The number of sulfonamides is 1. The minimum absolute atomic E-state index is 0.266. The molecule has 0 aromatic heterocycles. The van der Waals surface area contributed by atoms with Crippen molar-refractivity contribution in [3.8, 4) is 0 Å². The van der Waals surface area contributed by atoms with Gasteiger partial charge in [0.15, 0.2) is 4.90 Å². The van der Waals surface area contributed by atoms with Gasteiger partial charge in [0.2, 0.25) is 10.0 Å². The lowest BCUT2D eigenvalue weighted by Crippen LogP contribution is -2.43. The van der Waals surface area contributed by atoms with Crippen molar-refractivity contribution in [1.29, 1.82) is 5.41 Å². The molecule has 1 atom stereocenters. The number of nitrogens with one attached hydrogen (secondary N) is 1. The average Bonchev–Trinajstić information content (AvgIpc) is 2.24. The first-order valence-corrected chi connectivity index (χ1v) is 6.49. The fraction of sp³-hybridized carbons (Fsp3) is 0.300. The lowest BCUT2D eigenvalue weighted by molar-refractivity contribution is 0.430. The average molecular weight is 295 g/mol. The predicted molar refractivity (Wildman–Crippen MR) is 62.6 cm³/mol. The monoisotopic (exact) mass is 295 g/mol. The van der Waals surface area contributed by atoms with E-state index in [1.807, 2.05) is 0 Å². The second-order valence-electron chi connectivity index (χ2n) is 3.85. The summed E-state index contributed by atoms with van der Waals surface area (Å²) < 4.78 is 64.2. The van der Waals surface area contributed by atoms with Gasteiger partial charge >= 0.3 is 0 Å². The van der Waals surface area contributed by atoms with Gasteiger partial charge in [0.1, 0.15) is 23.3 Å². The van der Waals surface area contributed by atoms with Gasteiger partial charge in [0, 0.05) is 19.2 Å². The van der Waals surface area contributed by atoms with Crippen LogP contribution in [0.15, 0.2) is 17.0 Å². The summed E-state index contributed by atoms with van der Waals surface area (Å²) in [5, 5.41) is 7.14. The summed E-state index contributed by atoms with van der Waals surface area (Å²) in [5.41, 5.74) is 5.14. The van der Waals surface area contributed by atoms with Crippen molar-refractivity contribution >= 4 is 15.9 Å². The van der Waals surface area contributed by atoms with Gasteiger partial charge in [0.25, 0.3) is 0 Å². The molecule has 0 heterocycles. The van der Waals surface area contributed by atoms with E-state index in [4.69, 9.17) is 11.1 Å². The van der Waals surface area contributed by atoms with Crippen LogP contribution in [0.25, 0.3) is 0 Å². The minimum Gasteiger partial charge on any atom is -0.386 e. The summed E-state index contributed by atoms with van der Waals surface area (Å²) in [7, 11) is -3.55. The molecule has 9 heteroatoms. The second kappa shape index (κ2) is 5.17. The van der Waals surface area contributed by atoms with E-state index in [1.165, 1.54) is 6.92 Å². The van der Waals surface area contributed by atoms with Crippen LogP contribution in [0, 0.1) is 22.9 Å². The summed E-state index contributed by atoms with van der Waals surface area (Å²) >= 11 is 0. The number of nitrogens with two attached hydrogens (primary N) is 1. The zero-order valence-electron chi connectivity index (χ0n) is 10.1. The third-order valence-electron chi connectivity index (χ3n) is 2.60. The highest BCUT2D eigenvalue weighted by atomic mass is 32.2. The quantitative estimate of drug-likeness (QED) is 0.643. The Balaban J connectivity index is 3.40. The normalized spacial score (nSPS) is 13.6. The number of halogens is 3. The molecule has 0 spiro atoms. The number of amidine groups is 1. The summed E-state index contributed by atoms with van der Waals surface area (Å²) in [6.45, 7) is 1.28. The molecule has 0 bridgehead atoms. The lowest BCUT2D eigenvalue weighted by atomic mass is 10.3. The fourth-order valence-corrected chi connectivity index (χ4v) is 2.75. The molecule has 19 heavy (non-hydrogen) atoms. The maximum atomic E-state index is 13.5. The van der Waals surface area contributed by atoms with E-state index in [9.17, 15) is 21.6 Å². The van der Waals surface area contributed by atoms with Crippen LogP contribution in [0.5, 0.6) is 0 Å². The zero-order chi connectivity index (χ0) is 15.0. The maximum absolute atomic E-state index is 13.5.